The third-order valence-electron chi connectivity index (χ3n) is 11.2. The second kappa shape index (κ2) is 17.4. The van der Waals surface area contributed by atoms with Gasteiger partial charge in [-0.2, -0.15) is 0 Å². The number of halogens is 2. The Morgan fingerprint density at radius 2 is 0.629 bits per heavy atom. The SMILES string of the molecule is Cc1ccc(-c2c3nc(c(-c4ccc(C[N+](C)(C)C)cc4)c4ccc([nH]4)c(-c4ccc(C)cc4)c4ccc([nH]4)c(-c4ccc(C[N+](C)(C)C)cc4)c4nc2C=C4)C=C3)cc1.[Cl-].[Cl-]. The number of hydrogen-bond donors (Lipinski definition) is 2. The quantitative estimate of drug-likeness (QED) is 0.175. The van der Waals surface area contributed by atoms with Crippen LogP contribution in [0.2, 0.25) is 0 Å². The normalized spacial score (nSPS) is 12.3. The number of H-pyrrole nitrogens is 2. The topological polar surface area (TPSA) is 57.4 Å². The van der Waals surface area contributed by atoms with Gasteiger partial charge >= 0.3 is 0 Å². The number of fused-ring (bicyclic) bond motifs is 8. The molecule has 7 aromatic rings. The first-order valence-corrected chi connectivity index (χ1v) is 20.8. The average molecular weight is 858 g/mol. The molecule has 62 heavy (non-hydrogen) atoms. The van der Waals surface area contributed by atoms with Crippen LogP contribution in [0.15, 0.2) is 121 Å². The van der Waals surface area contributed by atoms with Crippen LogP contribution in [0.25, 0.3) is 90.9 Å². The molecule has 0 spiro atoms. The van der Waals surface area contributed by atoms with Crippen molar-refractivity contribution >= 4 is 46.4 Å². The van der Waals surface area contributed by atoms with E-state index in [0.717, 1.165) is 111 Å². The fraction of sp³-hybridized carbons (Fsp3) is 0.185. The van der Waals surface area contributed by atoms with Gasteiger partial charge in [-0.25, -0.2) is 9.97 Å². The number of aromatic nitrogens is 4. The van der Waals surface area contributed by atoms with Gasteiger partial charge in [-0.15, -0.1) is 0 Å². The molecule has 0 radical (unpaired) electrons. The van der Waals surface area contributed by atoms with E-state index < -0.39 is 0 Å². The van der Waals surface area contributed by atoms with Gasteiger partial charge in [-0.3, -0.25) is 0 Å². The Kier molecular flexibility index (Phi) is 12.4. The van der Waals surface area contributed by atoms with Crippen molar-refractivity contribution in [2.24, 2.45) is 0 Å². The molecule has 0 unspecified atom stereocenters. The number of nitrogens with zero attached hydrogens (tertiary/aromatic N) is 4. The van der Waals surface area contributed by atoms with Crippen molar-refractivity contribution in [2.45, 2.75) is 26.9 Å². The van der Waals surface area contributed by atoms with Gasteiger partial charge in [0.25, 0.3) is 0 Å². The van der Waals surface area contributed by atoms with E-state index >= 15 is 0 Å². The smallest absolute Gasteiger partial charge is 0.104 e. The van der Waals surface area contributed by atoms with Gasteiger partial charge in [-0.05, 0) is 84.7 Å². The molecule has 3 aromatic heterocycles. The van der Waals surface area contributed by atoms with Crippen molar-refractivity contribution in [2.75, 3.05) is 42.3 Å². The van der Waals surface area contributed by atoms with Gasteiger partial charge in [0.1, 0.15) is 13.1 Å². The van der Waals surface area contributed by atoms with E-state index in [1.54, 1.807) is 0 Å². The molecule has 0 saturated carbocycles. The number of nitrogens with one attached hydrogen (secondary N) is 2. The molecular weight excluding hydrogens is 804 g/mol. The second-order valence-corrected chi connectivity index (χ2v) is 18.5. The molecule has 0 atom stereocenters. The molecule has 8 bridgehead atoms. The first-order valence-electron chi connectivity index (χ1n) is 20.8. The lowest BCUT2D eigenvalue weighted by Gasteiger charge is -2.24. The molecule has 0 amide bonds. The standard InChI is InChI=1S/C54H54N6.2ClH/c1-35-9-17-39(18-10-35)51-43-25-29-47(55-43)53(41-21-13-37(14-22-41)33-59(3,4)5)49-31-27-45(57-49)52(40-19-11-36(2)12-20-40)46-28-32-50(58-46)54(48-30-26-44(51)56-48)42-23-15-38(16-24-42)34-60(6,7)8;;/h9-32,55-56H,33-34H2,1-8H3;2*1H/q+2;;/p-2. The third-order valence-corrected chi connectivity index (χ3v) is 11.2. The van der Waals surface area contributed by atoms with Gasteiger partial charge in [-0.1, -0.05) is 108 Å². The number of hydrogen-bond acceptors (Lipinski definition) is 2. The summed E-state index contributed by atoms with van der Waals surface area (Å²) in [4.78, 5) is 18.8. The van der Waals surface area contributed by atoms with Crippen LogP contribution in [-0.4, -0.2) is 71.2 Å². The van der Waals surface area contributed by atoms with Crippen LogP contribution in [0.1, 0.15) is 45.0 Å². The minimum absolute atomic E-state index is 0. The zero-order valence-electron chi connectivity index (χ0n) is 36.8. The zero-order valence-corrected chi connectivity index (χ0v) is 38.3. The lowest BCUT2D eigenvalue weighted by Crippen LogP contribution is -3.00. The maximum atomic E-state index is 5.48. The molecule has 9 rings (SSSR count). The van der Waals surface area contributed by atoms with Crippen molar-refractivity contribution in [3.63, 3.8) is 0 Å². The summed E-state index contributed by atoms with van der Waals surface area (Å²) in [6, 6.07) is 44.4. The minimum Gasteiger partial charge on any atom is -1.00 e. The molecule has 0 fully saturated rings. The molecule has 2 N–H and O–H groups in total. The Balaban J connectivity index is 0.00000289. The van der Waals surface area contributed by atoms with Crippen molar-refractivity contribution in [1.29, 1.82) is 0 Å². The first kappa shape index (κ1) is 44.0. The summed E-state index contributed by atoms with van der Waals surface area (Å²) in [6.07, 6.45) is 8.64. The molecule has 2 aliphatic heterocycles. The highest BCUT2D eigenvalue weighted by Gasteiger charge is 2.20. The molecule has 4 aromatic carbocycles. The molecule has 5 heterocycles. The molecule has 0 saturated heterocycles. The van der Waals surface area contributed by atoms with Gasteiger partial charge in [0.2, 0.25) is 0 Å². The van der Waals surface area contributed by atoms with E-state index in [1.807, 2.05) is 0 Å². The highest BCUT2D eigenvalue weighted by Crippen LogP contribution is 2.39. The predicted molar refractivity (Wildman–Crippen MR) is 254 cm³/mol. The van der Waals surface area contributed by atoms with E-state index in [9.17, 15) is 0 Å². The summed E-state index contributed by atoms with van der Waals surface area (Å²) >= 11 is 0. The number of aryl methyl sites for hydroxylation is 2. The second-order valence-electron chi connectivity index (χ2n) is 18.5. The molecule has 0 aliphatic carbocycles. The van der Waals surface area contributed by atoms with Crippen LogP contribution in [0.5, 0.6) is 0 Å². The highest BCUT2D eigenvalue weighted by atomic mass is 35.5. The molecule has 8 heteroatoms. The van der Waals surface area contributed by atoms with E-state index in [0.29, 0.717) is 0 Å². The summed E-state index contributed by atoms with van der Waals surface area (Å²) in [5.41, 5.74) is 21.3. The van der Waals surface area contributed by atoms with Crippen LogP contribution < -0.4 is 24.8 Å². The van der Waals surface area contributed by atoms with Crippen molar-refractivity contribution in [3.8, 4) is 44.5 Å². The maximum Gasteiger partial charge on any atom is 0.104 e. The van der Waals surface area contributed by atoms with Crippen LogP contribution in [-0.2, 0) is 13.1 Å². The number of rotatable bonds is 8. The van der Waals surface area contributed by atoms with Gasteiger partial charge < -0.3 is 43.7 Å². The largest absolute Gasteiger partial charge is 1.00 e. The Bertz CT molecular complexity index is 2820. The average Bonchev–Trinajstić information content (AvgIpc) is 4.04. The van der Waals surface area contributed by atoms with Gasteiger partial charge in [0, 0.05) is 55.4 Å². The van der Waals surface area contributed by atoms with E-state index in [-0.39, 0.29) is 24.8 Å². The molecular formula is C54H54Cl2N6. The fourth-order valence-electron chi connectivity index (χ4n) is 8.51. The summed E-state index contributed by atoms with van der Waals surface area (Å²) in [5, 5.41) is 0. The van der Waals surface area contributed by atoms with E-state index in [4.69, 9.17) is 9.97 Å². The molecule has 6 nitrogen and oxygen atoms in total. The summed E-state index contributed by atoms with van der Waals surface area (Å²) in [6.45, 7) is 6.15. The molecule has 314 valence electrons. The third kappa shape index (κ3) is 9.25. The Morgan fingerprint density at radius 1 is 0.355 bits per heavy atom. The van der Waals surface area contributed by atoms with Gasteiger partial charge in [0.15, 0.2) is 0 Å². The van der Waals surface area contributed by atoms with Crippen LogP contribution in [0, 0.1) is 13.8 Å². The van der Waals surface area contributed by atoms with Crippen molar-refractivity contribution in [1.82, 2.24) is 19.9 Å². The predicted octanol–water partition coefficient (Wildman–Crippen LogP) is 6.36. The summed E-state index contributed by atoms with van der Waals surface area (Å²) < 4.78 is 1.72. The summed E-state index contributed by atoms with van der Waals surface area (Å²) in [7, 11) is 13.4. The molecule has 2 aliphatic rings. The van der Waals surface area contributed by atoms with E-state index in [1.165, 1.54) is 22.3 Å². The van der Waals surface area contributed by atoms with Crippen molar-refractivity contribution in [3.05, 3.63) is 166 Å². The van der Waals surface area contributed by atoms with Crippen LogP contribution in [0.3, 0.4) is 0 Å². The zero-order chi connectivity index (χ0) is 41.8. The maximum absolute atomic E-state index is 5.48. The Hall–Kier alpha value is -6.02. The lowest BCUT2D eigenvalue weighted by atomic mass is 10.0. The number of benzene rings is 4. The van der Waals surface area contributed by atoms with E-state index in [2.05, 4.69) is 212 Å². The monoisotopic (exact) mass is 856 g/mol. The number of aromatic amines is 2. The van der Waals surface area contributed by atoms with Crippen molar-refractivity contribution < 1.29 is 33.8 Å². The first-order chi connectivity index (χ1) is 28.7. The Labute approximate surface area is 378 Å². The Morgan fingerprint density at radius 3 is 0.968 bits per heavy atom. The number of quaternary nitrogens is 2. The van der Waals surface area contributed by atoms with Crippen LogP contribution in [0.4, 0.5) is 0 Å². The van der Waals surface area contributed by atoms with Crippen LogP contribution >= 0.6 is 0 Å². The minimum atomic E-state index is 0. The summed E-state index contributed by atoms with van der Waals surface area (Å²) in [5.74, 6) is 0. The lowest BCUT2D eigenvalue weighted by molar-refractivity contribution is -0.884. The van der Waals surface area contributed by atoms with Gasteiger partial charge in [0.05, 0.1) is 65.1 Å². The highest BCUT2D eigenvalue weighted by molar-refractivity contribution is 6.00. The fourth-order valence-corrected chi connectivity index (χ4v) is 8.51.